The average molecular weight is 397 g/mol. The Kier molecular flexibility index (Phi) is 8.22. The summed E-state index contributed by atoms with van der Waals surface area (Å²) in [5.74, 6) is -1.18. The predicted octanol–water partition coefficient (Wildman–Crippen LogP) is 3.36. The Morgan fingerprint density at radius 2 is 2.07 bits per heavy atom. The summed E-state index contributed by atoms with van der Waals surface area (Å²) in [6, 6.07) is 0. The minimum absolute atomic E-state index is 0.0262. The Hall–Kier alpha value is -1.24. The van der Waals surface area contributed by atoms with Gasteiger partial charge in [-0.1, -0.05) is 32.4 Å². The van der Waals surface area contributed by atoms with E-state index in [1.165, 1.54) is 5.57 Å². The molecule has 0 radical (unpaired) electrons. The van der Waals surface area contributed by atoms with Crippen LogP contribution in [0, 0.1) is 17.3 Å². The Bertz CT molecular complexity index is 569. The van der Waals surface area contributed by atoms with Gasteiger partial charge < -0.3 is 19.7 Å². The normalized spacial score (nSPS) is 28.4. The lowest BCUT2D eigenvalue weighted by Crippen LogP contribution is -2.30. The molecule has 2 fully saturated rings. The highest BCUT2D eigenvalue weighted by molar-refractivity contribution is 6.01. The second kappa shape index (κ2) is 9.99. The van der Waals surface area contributed by atoms with Crippen LogP contribution in [0.15, 0.2) is 12.2 Å². The number of ether oxygens (including phenoxy) is 2. The Morgan fingerprint density at radius 3 is 2.71 bits per heavy atom. The number of carboxylic acid groups (broad SMARTS) is 1. The van der Waals surface area contributed by atoms with Gasteiger partial charge in [0.05, 0.1) is 18.8 Å². The summed E-state index contributed by atoms with van der Waals surface area (Å²) in [4.78, 5) is 22.4. The fourth-order valence-corrected chi connectivity index (χ4v) is 4.35. The number of epoxide rings is 1. The highest BCUT2D eigenvalue weighted by Crippen LogP contribution is 2.45. The van der Waals surface area contributed by atoms with Gasteiger partial charge >= 0.3 is 5.97 Å². The van der Waals surface area contributed by atoms with Gasteiger partial charge in [-0.2, -0.15) is 0 Å². The van der Waals surface area contributed by atoms with Gasteiger partial charge in [-0.15, -0.1) is 0 Å². The van der Waals surface area contributed by atoms with Crippen molar-refractivity contribution in [2.45, 2.75) is 84.0 Å². The first-order chi connectivity index (χ1) is 13.1. The van der Waals surface area contributed by atoms with Crippen molar-refractivity contribution in [3.63, 3.8) is 0 Å². The van der Waals surface area contributed by atoms with Crippen molar-refractivity contribution in [1.29, 1.82) is 0 Å². The fourth-order valence-electron chi connectivity index (χ4n) is 4.35. The summed E-state index contributed by atoms with van der Waals surface area (Å²) in [6.07, 6.45) is 4.23. The number of aliphatic carboxylic acids is 1. The van der Waals surface area contributed by atoms with Crippen LogP contribution in [0.5, 0.6) is 0 Å². The molecule has 1 saturated heterocycles. The molecule has 2 rings (SSSR count). The third-order valence-electron chi connectivity index (χ3n) is 6.17. The first-order valence-electron chi connectivity index (χ1n) is 10.5. The van der Waals surface area contributed by atoms with Gasteiger partial charge in [0, 0.05) is 13.0 Å². The maximum atomic E-state index is 11.7. The third kappa shape index (κ3) is 6.68. The maximum absolute atomic E-state index is 11.7. The molecule has 2 N–H and O–H groups in total. The van der Waals surface area contributed by atoms with E-state index in [4.69, 9.17) is 14.6 Å². The molecule has 0 aromatic carbocycles. The van der Waals surface area contributed by atoms with Gasteiger partial charge in [-0.05, 0) is 56.3 Å². The summed E-state index contributed by atoms with van der Waals surface area (Å²) in [7, 11) is 0. The van der Waals surface area contributed by atoms with Crippen molar-refractivity contribution in [1.82, 2.24) is 0 Å². The molecule has 6 nitrogen and oxygen atoms in total. The number of hydrogen-bond acceptors (Lipinski definition) is 5. The highest BCUT2D eigenvalue weighted by Gasteiger charge is 2.45. The Morgan fingerprint density at radius 1 is 1.36 bits per heavy atom. The number of allylic oxidation sites excluding steroid dienone is 1. The topological polar surface area (TPSA) is 96.4 Å². The quantitative estimate of drug-likeness (QED) is 0.281. The first kappa shape index (κ1) is 23.0. The summed E-state index contributed by atoms with van der Waals surface area (Å²) >= 11 is 0. The zero-order valence-corrected chi connectivity index (χ0v) is 17.5. The van der Waals surface area contributed by atoms with Crippen molar-refractivity contribution in [2.75, 3.05) is 13.2 Å². The van der Waals surface area contributed by atoms with Crippen LogP contribution in [0.4, 0.5) is 0 Å². The number of aliphatic hydroxyl groups excluding tert-OH is 1. The van der Waals surface area contributed by atoms with Gasteiger partial charge in [0.2, 0.25) is 6.10 Å². The zero-order valence-electron chi connectivity index (χ0n) is 17.5. The van der Waals surface area contributed by atoms with Crippen LogP contribution >= 0.6 is 0 Å². The molecular formula is C22H36O6. The number of carbonyl (C=O) groups is 2. The van der Waals surface area contributed by atoms with E-state index < -0.39 is 17.9 Å². The van der Waals surface area contributed by atoms with E-state index in [9.17, 15) is 14.7 Å². The molecule has 1 heterocycles. The lowest BCUT2D eigenvalue weighted by Gasteiger charge is -2.26. The van der Waals surface area contributed by atoms with Crippen LogP contribution in [0.1, 0.15) is 65.7 Å². The molecule has 0 aromatic heterocycles. The van der Waals surface area contributed by atoms with Crippen LogP contribution in [-0.4, -0.2) is 53.5 Å². The largest absolute Gasteiger partial charge is 0.479 e. The number of aliphatic hydroxyl groups is 1. The predicted molar refractivity (Wildman–Crippen MR) is 106 cm³/mol. The van der Waals surface area contributed by atoms with E-state index >= 15 is 0 Å². The molecule has 1 aliphatic heterocycles. The molecule has 6 heteroatoms. The standard InChI is InChI=1S/C22H36O6/c1-5-27-13-22(3,4)10-6-7-15-9-8-14(2)16(15)11-18-19(28-18)12-17(23)20(24)21(25)26/h15-16,18-20,24H,2,5-13H2,1,3-4H3,(H,25,26)/t15-,16-,18+,19?,20?/m0/s1. The summed E-state index contributed by atoms with van der Waals surface area (Å²) in [5, 5.41) is 18.0. The van der Waals surface area contributed by atoms with Crippen LogP contribution < -0.4 is 0 Å². The van der Waals surface area contributed by atoms with Gasteiger partial charge in [0.25, 0.3) is 0 Å². The lowest BCUT2D eigenvalue weighted by molar-refractivity contribution is -0.152. The van der Waals surface area contributed by atoms with Crippen molar-refractivity contribution in [3.8, 4) is 0 Å². The maximum Gasteiger partial charge on any atom is 0.340 e. The van der Waals surface area contributed by atoms with Gasteiger partial charge in [-0.25, -0.2) is 4.79 Å². The minimum atomic E-state index is -1.95. The number of Topliss-reactive ketones (excluding diaryl/α,β-unsaturated/α-hetero) is 1. The SMILES string of the molecule is C=C1CC[C@H](CCCC(C)(C)COCC)[C@H]1C[C@H]1OC1CC(=O)C(O)C(=O)O. The molecule has 0 bridgehead atoms. The number of hydrogen-bond donors (Lipinski definition) is 2. The second-order valence-corrected chi connectivity index (χ2v) is 9.12. The second-order valence-electron chi connectivity index (χ2n) is 9.12. The molecule has 2 unspecified atom stereocenters. The van der Waals surface area contributed by atoms with E-state index in [0.29, 0.717) is 11.8 Å². The summed E-state index contributed by atoms with van der Waals surface area (Å²) in [5.41, 5.74) is 1.46. The summed E-state index contributed by atoms with van der Waals surface area (Å²) in [6.45, 7) is 12.3. The van der Waals surface area contributed by atoms with Gasteiger partial charge in [-0.3, -0.25) is 4.79 Å². The Balaban J connectivity index is 1.76. The van der Waals surface area contributed by atoms with Crippen LogP contribution in [0.25, 0.3) is 0 Å². The van der Waals surface area contributed by atoms with Crippen molar-refractivity contribution in [3.05, 3.63) is 12.2 Å². The van der Waals surface area contributed by atoms with E-state index in [-0.39, 0.29) is 24.0 Å². The van der Waals surface area contributed by atoms with Crippen molar-refractivity contribution < 1.29 is 29.3 Å². The molecular weight excluding hydrogens is 360 g/mol. The average Bonchev–Trinajstić information content (AvgIpc) is 3.27. The van der Waals surface area contributed by atoms with E-state index in [1.807, 2.05) is 6.92 Å². The molecule has 2 aliphatic rings. The van der Waals surface area contributed by atoms with Crippen LogP contribution in [-0.2, 0) is 19.1 Å². The van der Waals surface area contributed by atoms with E-state index in [0.717, 1.165) is 51.7 Å². The lowest BCUT2D eigenvalue weighted by atomic mass is 9.82. The molecule has 0 aromatic rings. The Labute approximate surface area is 168 Å². The molecule has 0 spiro atoms. The number of rotatable bonds is 13. The highest BCUT2D eigenvalue weighted by atomic mass is 16.6. The molecule has 1 saturated carbocycles. The van der Waals surface area contributed by atoms with Crippen molar-refractivity contribution >= 4 is 11.8 Å². The number of carbonyl (C=O) groups excluding carboxylic acids is 1. The monoisotopic (exact) mass is 396 g/mol. The molecule has 160 valence electrons. The first-order valence-corrected chi connectivity index (χ1v) is 10.5. The molecule has 5 atom stereocenters. The van der Waals surface area contributed by atoms with Crippen molar-refractivity contribution in [2.24, 2.45) is 17.3 Å². The van der Waals surface area contributed by atoms with Crippen LogP contribution in [0.2, 0.25) is 0 Å². The number of carboxylic acids is 1. The molecule has 28 heavy (non-hydrogen) atoms. The zero-order chi connectivity index (χ0) is 20.9. The molecule has 0 amide bonds. The fraction of sp³-hybridized carbons (Fsp3) is 0.818. The van der Waals surface area contributed by atoms with Gasteiger partial charge in [0.1, 0.15) is 0 Å². The van der Waals surface area contributed by atoms with Crippen LogP contribution in [0.3, 0.4) is 0 Å². The minimum Gasteiger partial charge on any atom is -0.479 e. The van der Waals surface area contributed by atoms with E-state index in [2.05, 4.69) is 20.4 Å². The molecule has 1 aliphatic carbocycles. The van der Waals surface area contributed by atoms with Gasteiger partial charge in [0.15, 0.2) is 5.78 Å². The smallest absolute Gasteiger partial charge is 0.340 e. The van der Waals surface area contributed by atoms with E-state index in [1.54, 1.807) is 0 Å². The number of ketones is 1. The third-order valence-corrected chi connectivity index (χ3v) is 6.17. The summed E-state index contributed by atoms with van der Waals surface area (Å²) < 4.78 is 11.2.